The lowest BCUT2D eigenvalue weighted by atomic mass is 10.1. The zero-order valence-electron chi connectivity index (χ0n) is 11.0. The van der Waals surface area contributed by atoms with Crippen LogP contribution in [-0.2, 0) is 0 Å². The number of ether oxygens (including phenoxy) is 1. The number of aromatic carboxylic acids is 1. The molecule has 0 unspecified atom stereocenters. The molecule has 0 saturated carbocycles. The van der Waals surface area contributed by atoms with Crippen LogP contribution in [0.3, 0.4) is 0 Å². The topological polar surface area (TPSA) is 84.6 Å². The van der Waals surface area contributed by atoms with Gasteiger partial charge in [-0.1, -0.05) is 0 Å². The summed E-state index contributed by atoms with van der Waals surface area (Å²) in [4.78, 5) is 11.0. The molecule has 5 nitrogen and oxygen atoms in total. The molecular weight excluding hydrogens is 343 g/mol. The van der Waals surface area contributed by atoms with E-state index in [1.807, 2.05) is 0 Å². The highest BCUT2D eigenvalue weighted by Crippen LogP contribution is 2.31. The molecule has 2 aromatic carbocycles. The smallest absolute Gasteiger partial charge is 0.337 e. The Kier molecular flexibility index (Phi) is 4.32. The van der Waals surface area contributed by atoms with Gasteiger partial charge in [0, 0.05) is 17.4 Å². The molecule has 0 aliphatic carbocycles. The number of nitrogens with one attached hydrogen (secondary N) is 1. The monoisotopic (exact) mass is 354 g/mol. The maximum absolute atomic E-state index is 13.9. The Bertz CT molecular complexity index is 707. The van der Waals surface area contributed by atoms with Gasteiger partial charge < -0.3 is 20.9 Å². The van der Waals surface area contributed by atoms with Crippen molar-refractivity contribution in [1.82, 2.24) is 0 Å². The molecule has 110 valence electrons. The number of hydrogen-bond donors (Lipinski definition) is 3. The average Bonchev–Trinajstić information content (AvgIpc) is 2.43. The maximum Gasteiger partial charge on any atom is 0.337 e. The fraction of sp³-hybridized carbons (Fsp3) is 0.0714. The van der Waals surface area contributed by atoms with Crippen LogP contribution in [0.4, 0.5) is 21.5 Å². The SMILES string of the molecule is COc1cc(Nc2cc(C(=O)O)c(N)cc2F)ccc1Br. The van der Waals surface area contributed by atoms with Gasteiger partial charge in [0.2, 0.25) is 0 Å². The Morgan fingerprint density at radius 2 is 2.10 bits per heavy atom. The summed E-state index contributed by atoms with van der Waals surface area (Å²) < 4.78 is 19.8. The third kappa shape index (κ3) is 3.25. The molecule has 7 heteroatoms. The van der Waals surface area contributed by atoms with E-state index in [1.165, 1.54) is 7.11 Å². The summed E-state index contributed by atoms with van der Waals surface area (Å²) in [5.74, 6) is -1.29. The minimum Gasteiger partial charge on any atom is -0.495 e. The first kappa shape index (κ1) is 15.1. The van der Waals surface area contributed by atoms with Gasteiger partial charge in [0.05, 0.1) is 22.8 Å². The van der Waals surface area contributed by atoms with Crippen LogP contribution >= 0.6 is 15.9 Å². The van der Waals surface area contributed by atoms with Gasteiger partial charge in [-0.2, -0.15) is 0 Å². The third-order valence-electron chi connectivity index (χ3n) is 2.80. The van der Waals surface area contributed by atoms with Gasteiger partial charge in [0.25, 0.3) is 0 Å². The zero-order valence-corrected chi connectivity index (χ0v) is 12.6. The largest absolute Gasteiger partial charge is 0.495 e. The average molecular weight is 355 g/mol. The van der Waals surface area contributed by atoms with Crippen molar-refractivity contribution >= 4 is 39.0 Å². The number of halogens is 2. The molecule has 0 spiro atoms. The molecular formula is C14H12BrFN2O3. The van der Waals surface area contributed by atoms with Crippen molar-refractivity contribution in [3.63, 3.8) is 0 Å². The van der Waals surface area contributed by atoms with Gasteiger partial charge in [-0.15, -0.1) is 0 Å². The highest BCUT2D eigenvalue weighted by molar-refractivity contribution is 9.10. The quantitative estimate of drug-likeness (QED) is 0.730. The number of hydrogen-bond acceptors (Lipinski definition) is 4. The number of rotatable bonds is 4. The van der Waals surface area contributed by atoms with Crippen molar-refractivity contribution in [2.75, 3.05) is 18.2 Å². The van der Waals surface area contributed by atoms with Gasteiger partial charge in [-0.05, 0) is 40.2 Å². The number of nitrogen functional groups attached to an aromatic ring is 1. The summed E-state index contributed by atoms with van der Waals surface area (Å²) in [7, 11) is 1.51. The van der Waals surface area contributed by atoms with Crippen LogP contribution in [-0.4, -0.2) is 18.2 Å². The van der Waals surface area contributed by atoms with Crippen LogP contribution in [0.25, 0.3) is 0 Å². The minimum atomic E-state index is -1.22. The fourth-order valence-corrected chi connectivity index (χ4v) is 2.17. The maximum atomic E-state index is 13.9. The van der Waals surface area contributed by atoms with Crippen LogP contribution in [0.5, 0.6) is 5.75 Å². The van der Waals surface area contributed by atoms with E-state index >= 15 is 0 Å². The van der Waals surface area contributed by atoms with Crippen LogP contribution in [0.1, 0.15) is 10.4 Å². The van der Waals surface area contributed by atoms with Gasteiger partial charge in [-0.3, -0.25) is 0 Å². The van der Waals surface area contributed by atoms with Gasteiger partial charge in [0.15, 0.2) is 0 Å². The summed E-state index contributed by atoms with van der Waals surface area (Å²) in [6.07, 6.45) is 0. The summed E-state index contributed by atoms with van der Waals surface area (Å²) in [6.45, 7) is 0. The summed E-state index contributed by atoms with van der Waals surface area (Å²) >= 11 is 3.31. The molecule has 0 aliphatic heterocycles. The van der Waals surface area contributed by atoms with E-state index in [0.29, 0.717) is 11.4 Å². The van der Waals surface area contributed by atoms with Crippen molar-refractivity contribution in [2.45, 2.75) is 0 Å². The number of benzene rings is 2. The summed E-state index contributed by atoms with van der Waals surface area (Å²) in [5, 5.41) is 11.8. The van der Waals surface area contributed by atoms with Crippen molar-refractivity contribution in [3.8, 4) is 5.75 Å². The fourth-order valence-electron chi connectivity index (χ4n) is 1.76. The molecule has 0 atom stereocenters. The van der Waals surface area contributed by atoms with E-state index in [2.05, 4.69) is 21.2 Å². The summed E-state index contributed by atoms with van der Waals surface area (Å²) in [6, 6.07) is 7.21. The Hall–Kier alpha value is -2.28. The van der Waals surface area contributed by atoms with Gasteiger partial charge >= 0.3 is 5.97 Å². The predicted octanol–water partition coefficient (Wildman–Crippen LogP) is 3.62. The first-order valence-corrected chi connectivity index (χ1v) is 6.64. The van der Waals surface area contributed by atoms with Crippen molar-refractivity contribution in [3.05, 3.63) is 46.2 Å². The number of carboxylic acids is 1. The lowest BCUT2D eigenvalue weighted by Gasteiger charge is -2.12. The highest BCUT2D eigenvalue weighted by atomic mass is 79.9. The molecule has 2 aromatic rings. The zero-order chi connectivity index (χ0) is 15.6. The van der Waals surface area contributed by atoms with Crippen molar-refractivity contribution < 1.29 is 19.0 Å². The van der Waals surface area contributed by atoms with E-state index in [9.17, 15) is 9.18 Å². The molecule has 0 heterocycles. The molecule has 0 aliphatic rings. The predicted molar refractivity (Wildman–Crippen MR) is 81.7 cm³/mol. The van der Waals surface area contributed by atoms with E-state index in [-0.39, 0.29) is 16.9 Å². The Morgan fingerprint density at radius 1 is 1.38 bits per heavy atom. The van der Waals surface area contributed by atoms with Crippen LogP contribution < -0.4 is 15.8 Å². The number of carbonyl (C=O) groups is 1. The normalized spacial score (nSPS) is 10.2. The van der Waals surface area contributed by atoms with E-state index in [4.69, 9.17) is 15.6 Å². The second kappa shape index (κ2) is 6.01. The van der Waals surface area contributed by atoms with Crippen LogP contribution in [0, 0.1) is 5.82 Å². The highest BCUT2D eigenvalue weighted by Gasteiger charge is 2.13. The molecule has 0 amide bonds. The number of methoxy groups -OCH3 is 1. The molecule has 0 aromatic heterocycles. The van der Waals surface area contributed by atoms with Crippen molar-refractivity contribution in [2.24, 2.45) is 0 Å². The van der Waals surface area contributed by atoms with Gasteiger partial charge in [0.1, 0.15) is 11.6 Å². The number of anilines is 3. The molecule has 0 fully saturated rings. The third-order valence-corrected chi connectivity index (χ3v) is 3.45. The Morgan fingerprint density at radius 3 is 2.71 bits per heavy atom. The molecule has 2 rings (SSSR count). The van der Waals surface area contributed by atoms with E-state index in [0.717, 1.165) is 16.6 Å². The van der Waals surface area contributed by atoms with Crippen molar-refractivity contribution in [1.29, 1.82) is 0 Å². The second-order valence-electron chi connectivity index (χ2n) is 4.20. The lowest BCUT2D eigenvalue weighted by molar-refractivity contribution is 0.0698. The molecule has 0 bridgehead atoms. The molecule has 4 N–H and O–H groups in total. The molecule has 21 heavy (non-hydrogen) atoms. The number of carboxylic acid groups (broad SMARTS) is 1. The van der Waals surface area contributed by atoms with Gasteiger partial charge in [-0.25, -0.2) is 9.18 Å². The molecule has 0 radical (unpaired) electrons. The molecule has 0 saturated heterocycles. The minimum absolute atomic E-state index is 0.0194. The Balaban J connectivity index is 2.39. The lowest BCUT2D eigenvalue weighted by Crippen LogP contribution is -2.05. The standard InChI is InChI=1S/C14H12BrFN2O3/c1-21-13-4-7(2-3-9(13)15)18-12-5-8(14(19)20)11(17)6-10(12)16/h2-6,18H,17H2,1H3,(H,19,20). The van der Waals surface area contributed by atoms with E-state index in [1.54, 1.807) is 18.2 Å². The van der Waals surface area contributed by atoms with E-state index < -0.39 is 11.8 Å². The summed E-state index contributed by atoms with van der Waals surface area (Å²) in [5.41, 5.74) is 5.76. The number of nitrogens with two attached hydrogens (primary N) is 1. The first-order valence-electron chi connectivity index (χ1n) is 5.85. The first-order chi connectivity index (χ1) is 9.92. The van der Waals surface area contributed by atoms with Crippen LogP contribution in [0.2, 0.25) is 0 Å². The van der Waals surface area contributed by atoms with Crippen LogP contribution in [0.15, 0.2) is 34.8 Å². The second-order valence-corrected chi connectivity index (χ2v) is 5.05. The Labute approximate surface area is 128 Å².